The topological polar surface area (TPSA) is 80.2 Å². The Labute approximate surface area is 214 Å². The van der Waals surface area contributed by atoms with E-state index in [0.29, 0.717) is 35.6 Å². The predicted molar refractivity (Wildman–Crippen MR) is 137 cm³/mol. The Morgan fingerprint density at radius 1 is 1.11 bits per heavy atom. The third-order valence-corrected chi connectivity index (χ3v) is 6.98. The molecule has 3 aromatic rings. The van der Waals surface area contributed by atoms with E-state index in [0.717, 1.165) is 11.1 Å². The van der Waals surface area contributed by atoms with Crippen LogP contribution in [0.4, 0.5) is 14.5 Å². The molecule has 0 unspecified atom stereocenters. The normalized spacial score (nSPS) is 20.8. The van der Waals surface area contributed by atoms with Crippen LogP contribution in [0.1, 0.15) is 29.3 Å². The van der Waals surface area contributed by atoms with Crippen molar-refractivity contribution in [1.82, 2.24) is 5.32 Å². The minimum atomic E-state index is -0.718. The van der Waals surface area contributed by atoms with E-state index in [9.17, 15) is 9.90 Å². The van der Waals surface area contributed by atoms with Gasteiger partial charge in [-0.15, -0.1) is 0 Å². The summed E-state index contributed by atoms with van der Waals surface area (Å²) in [5, 5.41) is 11.9. The molecule has 1 amide bonds. The fourth-order valence-corrected chi connectivity index (χ4v) is 4.90. The van der Waals surface area contributed by atoms with Crippen molar-refractivity contribution in [2.75, 3.05) is 20.3 Å². The largest absolute Gasteiger partial charge is 0.475 e. The highest BCUT2D eigenvalue weighted by Crippen LogP contribution is 2.39. The summed E-state index contributed by atoms with van der Waals surface area (Å²) in [5.41, 5.74) is 3.09. The molecule has 3 atom stereocenters. The fourth-order valence-electron chi connectivity index (χ4n) is 4.90. The van der Waals surface area contributed by atoms with Gasteiger partial charge >= 0.3 is 0 Å². The summed E-state index contributed by atoms with van der Waals surface area (Å²) >= 11 is 0. The lowest BCUT2D eigenvalue weighted by Crippen LogP contribution is -2.40. The third-order valence-electron chi connectivity index (χ3n) is 6.98. The number of fused-ring (bicyclic) bond motifs is 1. The van der Waals surface area contributed by atoms with Gasteiger partial charge in [-0.2, -0.15) is 0 Å². The van der Waals surface area contributed by atoms with Gasteiger partial charge in [0, 0.05) is 12.6 Å². The molecule has 0 radical (unpaired) electrons. The van der Waals surface area contributed by atoms with Crippen LogP contribution >= 0.6 is 0 Å². The van der Waals surface area contributed by atoms with Gasteiger partial charge in [-0.1, -0.05) is 43.3 Å². The van der Waals surface area contributed by atoms with Crippen molar-refractivity contribution in [1.29, 1.82) is 0 Å². The maximum Gasteiger partial charge on any atom is 0.251 e. The van der Waals surface area contributed by atoms with E-state index in [4.69, 9.17) is 9.47 Å². The lowest BCUT2D eigenvalue weighted by atomic mass is 9.95. The Balaban J connectivity index is 1.35. The minimum Gasteiger partial charge on any atom is -0.475 e. The van der Waals surface area contributed by atoms with Crippen LogP contribution in [-0.4, -0.2) is 49.4 Å². The third kappa shape index (κ3) is 4.99. The lowest BCUT2D eigenvalue weighted by Gasteiger charge is -2.33. The first kappa shape index (κ1) is 25.0. The molecule has 0 bridgehead atoms. The number of halogens is 2. The summed E-state index contributed by atoms with van der Waals surface area (Å²) in [6.07, 6.45) is 0.424. The fraction of sp³-hybridized carbons (Fsp3) is 0.310. The molecule has 0 aromatic heterocycles. The number of benzene rings is 3. The van der Waals surface area contributed by atoms with Gasteiger partial charge in [0.15, 0.2) is 11.7 Å². The summed E-state index contributed by atoms with van der Waals surface area (Å²) in [6.45, 7) is 2.25. The van der Waals surface area contributed by atoms with Crippen molar-refractivity contribution >= 4 is 17.5 Å². The molecular weight excluding hydrogens is 478 g/mol. The summed E-state index contributed by atoms with van der Waals surface area (Å²) in [4.78, 5) is 16.1. The molecule has 192 valence electrons. The van der Waals surface area contributed by atoms with Crippen molar-refractivity contribution in [3.8, 4) is 22.3 Å². The highest BCUT2D eigenvalue weighted by atomic mass is 19.1. The quantitative estimate of drug-likeness (QED) is 0.508. The van der Waals surface area contributed by atoms with Crippen molar-refractivity contribution < 1.29 is 28.2 Å². The molecule has 2 heterocycles. The van der Waals surface area contributed by atoms with E-state index in [-0.39, 0.29) is 48.3 Å². The molecule has 0 spiro atoms. The van der Waals surface area contributed by atoms with E-state index in [2.05, 4.69) is 10.3 Å². The second kappa shape index (κ2) is 10.4. The van der Waals surface area contributed by atoms with Crippen LogP contribution in [0.25, 0.3) is 22.3 Å². The smallest absolute Gasteiger partial charge is 0.251 e. The molecule has 1 fully saturated rings. The number of ether oxygens (including phenoxy) is 2. The number of carbonyl (C=O) groups is 1. The highest BCUT2D eigenvalue weighted by Gasteiger charge is 2.32. The molecule has 0 aliphatic carbocycles. The zero-order chi connectivity index (χ0) is 26.1. The Morgan fingerprint density at radius 2 is 1.76 bits per heavy atom. The molecule has 8 heteroatoms. The number of carbonyl (C=O) groups excluding carboxylic acids is 1. The van der Waals surface area contributed by atoms with Crippen molar-refractivity contribution in [2.45, 2.75) is 32.0 Å². The zero-order valence-corrected chi connectivity index (χ0v) is 20.6. The van der Waals surface area contributed by atoms with Crippen LogP contribution in [0.15, 0.2) is 59.6 Å². The van der Waals surface area contributed by atoms with Gasteiger partial charge in [-0.05, 0) is 52.8 Å². The lowest BCUT2D eigenvalue weighted by molar-refractivity contribution is -0.0978. The Morgan fingerprint density at radius 3 is 2.38 bits per heavy atom. The van der Waals surface area contributed by atoms with Crippen LogP contribution in [0.5, 0.6) is 0 Å². The summed E-state index contributed by atoms with van der Waals surface area (Å²) in [5.74, 6) is -1.09. The first-order valence-electron chi connectivity index (χ1n) is 12.3. The molecule has 37 heavy (non-hydrogen) atoms. The predicted octanol–water partition coefficient (Wildman–Crippen LogP) is 5.05. The number of hydrogen-bond acceptors (Lipinski definition) is 5. The van der Waals surface area contributed by atoms with Gasteiger partial charge in [0.2, 0.25) is 0 Å². The van der Waals surface area contributed by atoms with Crippen LogP contribution < -0.4 is 5.32 Å². The standard InChI is InChI=1S/C29H28F2N2O4/c1-16-11-22(15-36-24(16)14-34)37-25-13-21-12-23(30)26(27(31)28(21)33-25)19-7-3-17(4-8-19)18-5-9-20(10-6-18)29(35)32-2/h3-10,12,16,22,24,34H,11,13-15H2,1-2H3,(H,32,35)/t16-,22+,24+/m0/s1. The number of hydrogen-bond donors (Lipinski definition) is 2. The number of aliphatic imine (C=N–C) groups is 1. The Hall–Kier alpha value is -3.62. The number of nitrogens with one attached hydrogen (secondary N) is 1. The minimum absolute atomic E-state index is 0.0432. The number of nitrogens with zero attached hydrogens (tertiary/aromatic N) is 1. The van der Waals surface area contributed by atoms with Gasteiger partial charge in [0.05, 0.1) is 31.3 Å². The summed E-state index contributed by atoms with van der Waals surface area (Å²) < 4.78 is 42.2. The molecule has 2 aliphatic heterocycles. The van der Waals surface area contributed by atoms with Gasteiger partial charge in [-0.25, -0.2) is 13.8 Å². The molecule has 0 saturated carbocycles. The average Bonchev–Trinajstić information content (AvgIpc) is 3.31. The molecule has 1 saturated heterocycles. The molecule has 3 aromatic carbocycles. The second-order valence-corrected chi connectivity index (χ2v) is 9.48. The van der Waals surface area contributed by atoms with Gasteiger partial charge in [-0.3, -0.25) is 4.79 Å². The molecule has 6 nitrogen and oxygen atoms in total. The SMILES string of the molecule is CNC(=O)c1ccc(-c2ccc(-c3c(F)cc4c(c3F)N=C(O[C@H]3CO[C@H](CO)[C@@H](C)C3)C4)cc2)cc1. The van der Waals surface area contributed by atoms with Crippen LogP contribution in [-0.2, 0) is 15.9 Å². The van der Waals surface area contributed by atoms with Gasteiger partial charge < -0.3 is 19.9 Å². The molecule has 2 N–H and O–H groups in total. The van der Waals surface area contributed by atoms with Crippen LogP contribution in [0, 0.1) is 17.6 Å². The van der Waals surface area contributed by atoms with Crippen molar-refractivity contribution in [2.24, 2.45) is 10.9 Å². The van der Waals surface area contributed by atoms with E-state index in [1.165, 1.54) is 6.07 Å². The monoisotopic (exact) mass is 506 g/mol. The Kier molecular flexibility index (Phi) is 7.04. The first-order valence-corrected chi connectivity index (χ1v) is 12.3. The summed E-state index contributed by atoms with van der Waals surface area (Å²) in [6, 6.07) is 15.4. The maximum absolute atomic E-state index is 15.5. The molecular formula is C29H28F2N2O4. The number of aliphatic hydroxyl groups excluding tert-OH is 1. The van der Waals surface area contributed by atoms with Crippen molar-refractivity contribution in [3.63, 3.8) is 0 Å². The molecule has 2 aliphatic rings. The number of aliphatic hydroxyl groups is 1. The average molecular weight is 507 g/mol. The first-order chi connectivity index (χ1) is 17.9. The number of rotatable bonds is 5. The van der Waals surface area contributed by atoms with E-state index in [1.54, 1.807) is 43.4 Å². The van der Waals surface area contributed by atoms with E-state index < -0.39 is 11.6 Å². The van der Waals surface area contributed by atoms with E-state index in [1.807, 2.05) is 19.1 Å². The maximum atomic E-state index is 15.5. The van der Waals surface area contributed by atoms with Crippen LogP contribution in [0.3, 0.4) is 0 Å². The van der Waals surface area contributed by atoms with Gasteiger partial charge in [0.1, 0.15) is 17.6 Å². The van der Waals surface area contributed by atoms with Crippen molar-refractivity contribution in [3.05, 3.63) is 77.4 Å². The highest BCUT2D eigenvalue weighted by molar-refractivity contribution is 5.94. The van der Waals surface area contributed by atoms with Gasteiger partial charge in [0.25, 0.3) is 5.91 Å². The number of amides is 1. The second-order valence-electron chi connectivity index (χ2n) is 9.48. The van der Waals surface area contributed by atoms with Crippen LogP contribution in [0.2, 0.25) is 0 Å². The Bertz CT molecular complexity index is 1340. The summed E-state index contributed by atoms with van der Waals surface area (Å²) in [7, 11) is 1.57. The van der Waals surface area contributed by atoms with E-state index >= 15 is 8.78 Å². The molecule has 5 rings (SSSR count). The zero-order valence-electron chi connectivity index (χ0n) is 20.6.